The number of methoxy groups -OCH3 is 1. The zero-order valence-electron chi connectivity index (χ0n) is 15.7. The largest absolute Gasteiger partial charge is 0.497 e. The Labute approximate surface area is 163 Å². The second-order valence-electron chi connectivity index (χ2n) is 6.52. The number of rotatable bonds is 8. The smallest absolute Gasteiger partial charge is 0.306 e. The Morgan fingerprint density at radius 1 is 1.22 bits per heavy atom. The van der Waals surface area contributed by atoms with Crippen LogP contribution in [-0.4, -0.2) is 72.2 Å². The van der Waals surface area contributed by atoms with Gasteiger partial charge in [0, 0.05) is 37.2 Å². The van der Waals surface area contributed by atoms with Gasteiger partial charge >= 0.3 is 5.97 Å². The summed E-state index contributed by atoms with van der Waals surface area (Å²) in [5, 5.41) is 9.01. The first-order chi connectivity index (χ1) is 12.9. The maximum absolute atomic E-state index is 12.3. The van der Waals surface area contributed by atoms with Crippen molar-refractivity contribution in [2.75, 3.05) is 39.5 Å². The number of thioether (sulfide) groups is 1. The number of likely N-dealkylation sites (tertiary alicyclic amines) is 1. The SMILES string of the molecule is COc1ccc(SCCC(=O)N(C)CC(=O)N2CCC(C(=O)O)CC2)cc1. The van der Waals surface area contributed by atoms with Crippen LogP contribution in [0.15, 0.2) is 29.2 Å². The van der Waals surface area contributed by atoms with Crippen LogP contribution in [0.1, 0.15) is 19.3 Å². The fourth-order valence-corrected chi connectivity index (χ4v) is 3.73. The first-order valence-electron chi connectivity index (χ1n) is 8.92. The summed E-state index contributed by atoms with van der Waals surface area (Å²) in [6.45, 7) is 0.903. The Morgan fingerprint density at radius 3 is 2.41 bits per heavy atom. The van der Waals surface area contributed by atoms with Gasteiger partial charge < -0.3 is 19.6 Å². The minimum Gasteiger partial charge on any atom is -0.497 e. The second-order valence-corrected chi connectivity index (χ2v) is 7.69. The third-order valence-electron chi connectivity index (χ3n) is 4.64. The van der Waals surface area contributed by atoms with Crippen LogP contribution in [0, 0.1) is 5.92 Å². The fourth-order valence-electron chi connectivity index (χ4n) is 2.89. The number of ether oxygens (including phenoxy) is 1. The Bertz CT molecular complexity index is 657. The van der Waals surface area contributed by atoms with Gasteiger partial charge in [0.25, 0.3) is 0 Å². The van der Waals surface area contributed by atoms with Crippen molar-refractivity contribution in [1.29, 1.82) is 0 Å². The van der Waals surface area contributed by atoms with E-state index in [0.29, 0.717) is 38.1 Å². The lowest BCUT2D eigenvalue weighted by atomic mass is 9.97. The Balaban J connectivity index is 1.70. The number of piperidine rings is 1. The van der Waals surface area contributed by atoms with Crippen LogP contribution >= 0.6 is 11.8 Å². The molecule has 1 heterocycles. The molecule has 0 aromatic heterocycles. The average Bonchev–Trinajstić information content (AvgIpc) is 2.68. The van der Waals surface area contributed by atoms with Gasteiger partial charge in [-0.1, -0.05) is 0 Å². The molecule has 2 amide bonds. The summed E-state index contributed by atoms with van der Waals surface area (Å²) >= 11 is 1.58. The van der Waals surface area contributed by atoms with Crippen molar-refractivity contribution in [2.45, 2.75) is 24.2 Å². The summed E-state index contributed by atoms with van der Waals surface area (Å²) in [6.07, 6.45) is 1.29. The molecule has 0 aliphatic carbocycles. The molecule has 148 valence electrons. The highest BCUT2D eigenvalue weighted by atomic mass is 32.2. The molecular weight excluding hydrogens is 368 g/mol. The molecule has 1 fully saturated rings. The van der Waals surface area contributed by atoms with Gasteiger partial charge in [0.05, 0.1) is 19.6 Å². The quantitative estimate of drug-likeness (QED) is 0.678. The molecule has 1 aliphatic rings. The molecule has 0 atom stereocenters. The highest BCUT2D eigenvalue weighted by Crippen LogP contribution is 2.22. The lowest BCUT2D eigenvalue weighted by molar-refractivity contribution is -0.146. The van der Waals surface area contributed by atoms with Crippen LogP contribution in [0.3, 0.4) is 0 Å². The third-order valence-corrected chi connectivity index (χ3v) is 5.65. The van der Waals surface area contributed by atoms with E-state index in [2.05, 4.69) is 0 Å². The van der Waals surface area contributed by atoms with Gasteiger partial charge in [-0.15, -0.1) is 11.8 Å². The van der Waals surface area contributed by atoms with Gasteiger partial charge in [-0.05, 0) is 37.1 Å². The number of aliphatic carboxylic acids is 1. The average molecular weight is 394 g/mol. The monoisotopic (exact) mass is 394 g/mol. The normalized spacial score (nSPS) is 14.7. The van der Waals surface area contributed by atoms with Crippen molar-refractivity contribution in [3.05, 3.63) is 24.3 Å². The van der Waals surface area contributed by atoms with Crippen LogP contribution < -0.4 is 4.74 Å². The molecule has 0 radical (unpaired) electrons. The van der Waals surface area contributed by atoms with E-state index in [4.69, 9.17) is 9.84 Å². The number of carboxylic acid groups (broad SMARTS) is 1. The fraction of sp³-hybridized carbons (Fsp3) is 0.526. The summed E-state index contributed by atoms with van der Waals surface area (Å²) in [5.74, 6) is 0.0451. The predicted octanol–water partition coefficient (Wildman–Crippen LogP) is 1.96. The van der Waals surface area contributed by atoms with Gasteiger partial charge in [-0.25, -0.2) is 0 Å². The molecule has 7 nitrogen and oxygen atoms in total. The summed E-state index contributed by atoms with van der Waals surface area (Å²) in [5.41, 5.74) is 0. The number of likely N-dealkylation sites (N-methyl/N-ethyl adjacent to an activating group) is 1. The van der Waals surface area contributed by atoms with Crippen molar-refractivity contribution >= 4 is 29.5 Å². The highest BCUT2D eigenvalue weighted by Gasteiger charge is 2.27. The number of benzene rings is 1. The number of amides is 2. The zero-order chi connectivity index (χ0) is 19.8. The maximum Gasteiger partial charge on any atom is 0.306 e. The van der Waals surface area contributed by atoms with Gasteiger partial charge in [0.15, 0.2) is 0 Å². The number of carboxylic acids is 1. The summed E-state index contributed by atoms with van der Waals surface area (Å²) in [7, 11) is 3.24. The number of nitrogens with zero attached hydrogens (tertiary/aromatic N) is 2. The van der Waals surface area contributed by atoms with Crippen molar-refractivity contribution in [2.24, 2.45) is 5.92 Å². The molecule has 2 rings (SSSR count). The molecule has 1 aromatic rings. The van der Waals surface area contributed by atoms with Crippen molar-refractivity contribution in [3.63, 3.8) is 0 Å². The molecule has 1 aromatic carbocycles. The van der Waals surface area contributed by atoms with E-state index in [0.717, 1.165) is 10.6 Å². The second kappa shape index (κ2) is 10.2. The lowest BCUT2D eigenvalue weighted by Crippen LogP contribution is -2.45. The van der Waals surface area contributed by atoms with Gasteiger partial charge in [-0.2, -0.15) is 0 Å². The van der Waals surface area contributed by atoms with Crippen molar-refractivity contribution in [1.82, 2.24) is 9.80 Å². The minimum absolute atomic E-state index is 0.0315. The van der Waals surface area contributed by atoms with Crippen LogP contribution in [0.5, 0.6) is 5.75 Å². The van der Waals surface area contributed by atoms with E-state index in [1.54, 1.807) is 30.8 Å². The molecule has 27 heavy (non-hydrogen) atoms. The summed E-state index contributed by atoms with van der Waals surface area (Å²) in [4.78, 5) is 39.7. The molecule has 0 spiro atoms. The standard InChI is InChI=1S/C19H26N2O5S/c1-20(13-18(23)21-10-7-14(8-11-21)19(24)25)17(22)9-12-27-16-5-3-15(26-2)4-6-16/h3-6,14H,7-13H2,1-2H3,(H,24,25). The topological polar surface area (TPSA) is 87.2 Å². The zero-order valence-corrected chi connectivity index (χ0v) is 16.5. The van der Waals surface area contributed by atoms with Crippen LogP contribution in [-0.2, 0) is 14.4 Å². The van der Waals surface area contributed by atoms with Crippen molar-refractivity contribution in [3.8, 4) is 5.75 Å². The number of carbonyl (C=O) groups is 3. The Kier molecular flexibility index (Phi) is 7.97. The van der Waals surface area contributed by atoms with Gasteiger partial charge in [-0.3, -0.25) is 14.4 Å². The lowest BCUT2D eigenvalue weighted by Gasteiger charge is -2.31. The molecule has 1 N–H and O–H groups in total. The molecule has 1 aliphatic heterocycles. The molecule has 0 unspecified atom stereocenters. The third kappa shape index (κ3) is 6.46. The Hall–Kier alpha value is -2.22. The molecule has 0 bridgehead atoms. The van der Waals surface area contributed by atoms with E-state index in [-0.39, 0.29) is 24.3 Å². The van der Waals surface area contributed by atoms with E-state index >= 15 is 0 Å². The predicted molar refractivity (Wildman–Crippen MR) is 103 cm³/mol. The van der Waals surface area contributed by atoms with E-state index in [1.165, 1.54) is 4.90 Å². The number of hydrogen-bond acceptors (Lipinski definition) is 5. The first kappa shape index (κ1) is 21.1. The molecule has 8 heteroatoms. The minimum atomic E-state index is -0.802. The van der Waals surface area contributed by atoms with Crippen molar-refractivity contribution < 1.29 is 24.2 Å². The number of carbonyl (C=O) groups excluding carboxylic acids is 2. The molecule has 1 saturated heterocycles. The van der Waals surface area contributed by atoms with Crippen LogP contribution in [0.2, 0.25) is 0 Å². The van der Waals surface area contributed by atoms with E-state index in [1.807, 2.05) is 24.3 Å². The maximum atomic E-state index is 12.3. The molecule has 0 saturated carbocycles. The first-order valence-corrected chi connectivity index (χ1v) is 9.90. The van der Waals surface area contributed by atoms with E-state index in [9.17, 15) is 14.4 Å². The van der Waals surface area contributed by atoms with E-state index < -0.39 is 5.97 Å². The summed E-state index contributed by atoms with van der Waals surface area (Å²) in [6, 6.07) is 7.65. The highest BCUT2D eigenvalue weighted by molar-refractivity contribution is 7.99. The Morgan fingerprint density at radius 2 is 1.85 bits per heavy atom. The van der Waals surface area contributed by atoms with Crippen LogP contribution in [0.25, 0.3) is 0 Å². The molecular formula is C19H26N2O5S. The van der Waals surface area contributed by atoms with Gasteiger partial charge in [0.1, 0.15) is 5.75 Å². The van der Waals surface area contributed by atoms with Crippen LogP contribution in [0.4, 0.5) is 0 Å². The summed E-state index contributed by atoms with van der Waals surface area (Å²) < 4.78 is 5.11. The number of hydrogen-bond donors (Lipinski definition) is 1. The van der Waals surface area contributed by atoms with Gasteiger partial charge in [0.2, 0.25) is 11.8 Å².